The Bertz CT molecular complexity index is 966. The lowest BCUT2D eigenvalue weighted by Gasteiger charge is -2.11. The molecule has 1 aromatic heterocycles. The van der Waals surface area contributed by atoms with Crippen LogP contribution in [0, 0.1) is 0 Å². The second kappa shape index (κ2) is 7.60. The topological polar surface area (TPSA) is 118 Å². The fourth-order valence-electron chi connectivity index (χ4n) is 2.24. The van der Waals surface area contributed by atoms with Gasteiger partial charge in [0, 0.05) is 26.2 Å². The van der Waals surface area contributed by atoms with Crippen LogP contribution in [0.2, 0.25) is 0 Å². The van der Waals surface area contributed by atoms with Crippen LogP contribution in [0.1, 0.15) is 5.56 Å². The number of amides is 1. The predicted octanol–water partition coefficient (Wildman–Crippen LogP) is 0.335. The first-order valence-electron chi connectivity index (χ1n) is 7.56. The van der Waals surface area contributed by atoms with E-state index in [4.69, 9.17) is 15.2 Å². The van der Waals surface area contributed by atoms with Crippen LogP contribution < -0.4 is 31.8 Å². The largest absolute Gasteiger partial charge is 0.497 e. The van der Waals surface area contributed by atoms with E-state index in [2.05, 4.69) is 5.32 Å². The van der Waals surface area contributed by atoms with Gasteiger partial charge in [-0.1, -0.05) is 0 Å². The molecule has 0 radical (unpaired) electrons. The van der Waals surface area contributed by atoms with Gasteiger partial charge in [0.25, 0.3) is 5.56 Å². The van der Waals surface area contributed by atoms with Crippen LogP contribution in [-0.4, -0.2) is 29.3 Å². The van der Waals surface area contributed by atoms with Crippen LogP contribution in [0.4, 0.5) is 11.5 Å². The van der Waals surface area contributed by atoms with E-state index in [1.807, 2.05) is 0 Å². The Morgan fingerprint density at radius 1 is 1.08 bits per heavy atom. The molecule has 1 aromatic carbocycles. The van der Waals surface area contributed by atoms with Crippen molar-refractivity contribution in [3.8, 4) is 11.5 Å². The quantitative estimate of drug-likeness (QED) is 0.742. The van der Waals surface area contributed by atoms with Crippen molar-refractivity contribution in [1.29, 1.82) is 0 Å². The normalized spacial score (nSPS) is 10.8. The van der Waals surface area contributed by atoms with Crippen LogP contribution in [-0.2, 0) is 18.9 Å². The Balaban J connectivity index is 2.29. The lowest BCUT2D eigenvalue weighted by molar-refractivity contribution is -0.111. The zero-order valence-electron chi connectivity index (χ0n) is 14.9. The highest BCUT2D eigenvalue weighted by Gasteiger charge is 2.14. The molecule has 1 amide bonds. The number of nitrogens with one attached hydrogen (secondary N) is 1. The van der Waals surface area contributed by atoms with Gasteiger partial charge >= 0.3 is 5.69 Å². The number of carbonyl (C=O) groups is 1. The molecule has 1 heterocycles. The summed E-state index contributed by atoms with van der Waals surface area (Å²) in [6.07, 6.45) is 2.77. The zero-order valence-corrected chi connectivity index (χ0v) is 14.9. The van der Waals surface area contributed by atoms with E-state index in [-0.39, 0.29) is 11.5 Å². The Morgan fingerprint density at radius 3 is 2.19 bits per heavy atom. The summed E-state index contributed by atoms with van der Waals surface area (Å²) in [5, 5.41) is 2.41. The van der Waals surface area contributed by atoms with E-state index < -0.39 is 17.2 Å². The van der Waals surface area contributed by atoms with Gasteiger partial charge in [0.1, 0.15) is 23.0 Å². The van der Waals surface area contributed by atoms with Crippen LogP contribution >= 0.6 is 0 Å². The van der Waals surface area contributed by atoms with Crippen LogP contribution in [0.5, 0.6) is 11.5 Å². The molecule has 0 fully saturated rings. The van der Waals surface area contributed by atoms with Gasteiger partial charge in [-0.3, -0.25) is 18.7 Å². The fourth-order valence-corrected chi connectivity index (χ4v) is 2.24. The molecule has 0 saturated carbocycles. The maximum absolute atomic E-state index is 12.2. The van der Waals surface area contributed by atoms with Gasteiger partial charge in [0.2, 0.25) is 5.91 Å². The van der Waals surface area contributed by atoms with Crippen molar-refractivity contribution in [3.05, 3.63) is 50.7 Å². The van der Waals surface area contributed by atoms with Crippen molar-refractivity contribution in [1.82, 2.24) is 9.13 Å². The van der Waals surface area contributed by atoms with E-state index in [1.54, 1.807) is 18.2 Å². The molecule has 138 valence electrons. The number of anilines is 2. The lowest BCUT2D eigenvalue weighted by atomic mass is 10.2. The Labute approximate surface area is 149 Å². The standard InChI is InChI=1S/C17H20N4O5/c1-20-15(18)14(16(23)21(2)17(20)24)19-13(22)6-5-10-7-11(25-3)9-12(8-10)26-4/h5-9H,18H2,1-4H3,(H,19,22)/b6-5+. The highest BCUT2D eigenvalue weighted by Crippen LogP contribution is 2.23. The van der Waals surface area contributed by atoms with Crippen molar-refractivity contribution in [2.75, 3.05) is 25.3 Å². The third kappa shape index (κ3) is 3.77. The van der Waals surface area contributed by atoms with E-state index in [0.717, 1.165) is 9.13 Å². The second-order valence-corrected chi connectivity index (χ2v) is 5.43. The molecule has 0 unspecified atom stereocenters. The number of methoxy groups -OCH3 is 2. The molecule has 3 N–H and O–H groups in total. The van der Waals surface area contributed by atoms with E-state index in [1.165, 1.54) is 40.5 Å². The summed E-state index contributed by atoms with van der Waals surface area (Å²) >= 11 is 0. The number of nitrogen functional groups attached to an aromatic ring is 1. The molecule has 9 nitrogen and oxygen atoms in total. The van der Waals surface area contributed by atoms with Crippen LogP contribution in [0.25, 0.3) is 6.08 Å². The fraction of sp³-hybridized carbons (Fsp3) is 0.235. The Hall–Kier alpha value is -3.49. The lowest BCUT2D eigenvalue weighted by Crippen LogP contribution is -2.40. The molecule has 0 aliphatic heterocycles. The molecule has 0 atom stereocenters. The summed E-state index contributed by atoms with van der Waals surface area (Å²) in [6.45, 7) is 0. The third-order valence-electron chi connectivity index (χ3n) is 3.76. The molecule has 9 heteroatoms. The number of hydrogen-bond acceptors (Lipinski definition) is 6. The van der Waals surface area contributed by atoms with Gasteiger partial charge < -0.3 is 20.5 Å². The summed E-state index contributed by atoms with van der Waals surface area (Å²) in [4.78, 5) is 36.1. The van der Waals surface area contributed by atoms with Crippen molar-refractivity contribution in [3.63, 3.8) is 0 Å². The first kappa shape index (κ1) is 18.8. The zero-order chi connectivity index (χ0) is 19.4. The van der Waals surface area contributed by atoms with Gasteiger partial charge in [-0.05, 0) is 23.8 Å². The number of ether oxygens (including phenoxy) is 2. The highest BCUT2D eigenvalue weighted by atomic mass is 16.5. The van der Waals surface area contributed by atoms with Crippen LogP contribution in [0.15, 0.2) is 33.9 Å². The van der Waals surface area contributed by atoms with Crippen molar-refractivity contribution in [2.45, 2.75) is 0 Å². The van der Waals surface area contributed by atoms with Gasteiger partial charge in [-0.25, -0.2) is 4.79 Å². The van der Waals surface area contributed by atoms with E-state index in [0.29, 0.717) is 17.1 Å². The molecule has 2 rings (SSSR count). The molecule has 0 aliphatic rings. The summed E-state index contributed by atoms with van der Waals surface area (Å²) in [6, 6.07) is 5.13. The van der Waals surface area contributed by atoms with Crippen LogP contribution in [0.3, 0.4) is 0 Å². The maximum atomic E-state index is 12.2. The number of carbonyl (C=O) groups excluding carboxylic acids is 1. The maximum Gasteiger partial charge on any atom is 0.332 e. The van der Waals surface area contributed by atoms with Crippen molar-refractivity contribution >= 4 is 23.5 Å². The van der Waals surface area contributed by atoms with Gasteiger partial charge in [0.05, 0.1) is 14.2 Å². The first-order valence-corrected chi connectivity index (χ1v) is 7.56. The summed E-state index contributed by atoms with van der Waals surface area (Å²) in [5.41, 5.74) is 5.00. The molecule has 0 saturated heterocycles. The monoisotopic (exact) mass is 360 g/mol. The second-order valence-electron chi connectivity index (χ2n) is 5.43. The number of benzene rings is 1. The average Bonchev–Trinajstić information content (AvgIpc) is 2.66. The molecular formula is C17H20N4O5. The summed E-state index contributed by atoms with van der Waals surface area (Å²) < 4.78 is 12.3. The molecule has 26 heavy (non-hydrogen) atoms. The molecule has 0 aliphatic carbocycles. The SMILES string of the molecule is COc1cc(/C=C/C(=O)Nc2c(N)n(C)c(=O)n(C)c2=O)cc(OC)c1. The van der Waals surface area contributed by atoms with E-state index >= 15 is 0 Å². The van der Waals surface area contributed by atoms with Crippen molar-refractivity contribution in [2.24, 2.45) is 14.1 Å². The smallest absolute Gasteiger partial charge is 0.332 e. The van der Waals surface area contributed by atoms with E-state index in [9.17, 15) is 14.4 Å². The highest BCUT2D eigenvalue weighted by molar-refractivity contribution is 6.03. The number of nitrogens with zero attached hydrogens (tertiary/aromatic N) is 2. The minimum Gasteiger partial charge on any atom is -0.497 e. The van der Waals surface area contributed by atoms with Gasteiger partial charge in [-0.15, -0.1) is 0 Å². The molecule has 0 spiro atoms. The van der Waals surface area contributed by atoms with Gasteiger partial charge in [0.15, 0.2) is 0 Å². The average molecular weight is 360 g/mol. The molecule has 2 aromatic rings. The minimum absolute atomic E-state index is 0.122. The minimum atomic E-state index is -0.685. The number of nitrogens with two attached hydrogens (primary N) is 1. The molecular weight excluding hydrogens is 340 g/mol. The van der Waals surface area contributed by atoms with Gasteiger partial charge in [-0.2, -0.15) is 0 Å². The predicted molar refractivity (Wildman–Crippen MR) is 98.5 cm³/mol. The molecule has 0 bridgehead atoms. The summed E-state index contributed by atoms with van der Waals surface area (Å²) in [5.74, 6) is 0.443. The number of rotatable bonds is 5. The van der Waals surface area contributed by atoms with Crippen molar-refractivity contribution < 1.29 is 14.3 Å². The third-order valence-corrected chi connectivity index (χ3v) is 3.76. The Kier molecular flexibility index (Phi) is 5.51. The Morgan fingerprint density at radius 2 is 1.65 bits per heavy atom. The number of aromatic nitrogens is 2. The number of hydrogen-bond donors (Lipinski definition) is 2. The summed E-state index contributed by atoms with van der Waals surface area (Å²) in [7, 11) is 5.75. The first-order chi connectivity index (χ1) is 12.3.